The fourth-order valence-electron chi connectivity index (χ4n) is 3.05. The van der Waals surface area contributed by atoms with E-state index in [9.17, 15) is 9.36 Å². The van der Waals surface area contributed by atoms with Crippen LogP contribution >= 0.6 is 30.3 Å². The zero-order valence-corrected chi connectivity index (χ0v) is 16.9. The van der Waals surface area contributed by atoms with Crippen LogP contribution in [0.15, 0.2) is 78.9 Å². The third-order valence-corrected chi connectivity index (χ3v) is 8.23. The SMILES string of the molecule is COC(=O)C(c1ccc(Cl)cc1Cl)P(=O)(c1ccccc1)c1ccccc1. The molecule has 0 aliphatic heterocycles. The number of hydrogen-bond donors (Lipinski definition) is 0. The molecular formula is C21H17Cl2O3P. The van der Waals surface area contributed by atoms with Crippen LogP contribution in [-0.4, -0.2) is 13.1 Å². The topological polar surface area (TPSA) is 43.4 Å². The molecule has 0 heterocycles. The fraction of sp³-hybridized carbons (Fsp3) is 0.0952. The molecule has 27 heavy (non-hydrogen) atoms. The van der Waals surface area contributed by atoms with Gasteiger partial charge in [-0.25, -0.2) is 0 Å². The van der Waals surface area contributed by atoms with Crippen molar-refractivity contribution >= 4 is 46.9 Å². The second-order valence-electron chi connectivity index (χ2n) is 5.92. The standard InChI is InChI=1S/C21H17Cl2O3P/c1-26-21(24)20(18-13-12-15(22)14-19(18)23)27(25,16-8-4-2-5-9-16)17-10-6-3-7-11-17/h2-14,20H,1H3. The van der Waals surface area contributed by atoms with E-state index >= 15 is 0 Å². The number of methoxy groups -OCH3 is 1. The van der Waals surface area contributed by atoms with Crippen LogP contribution in [0.5, 0.6) is 0 Å². The lowest BCUT2D eigenvalue weighted by atomic mass is 10.1. The first-order valence-electron chi connectivity index (χ1n) is 8.22. The summed E-state index contributed by atoms with van der Waals surface area (Å²) in [6, 6.07) is 22.7. The first-order chi connectivity index (χ1) is 13.0. The first-order valence-corrected chi connectivity index (χ1v) is 10.8. The summed E-state index contributed by atoms with van der Waals surface area (Å²) in [4.78, 5) is 12.9. The van der Waals surface area contributed by atoms with Crippen LogP contribution in [-0.2, 0) is 14.1 Å². The van der Waals surface area contributed by atoms with Crippen LogP contribution in [0.2, 0.25) is 10.0 Å². The molecule has 0 aliphatic carbocycles. The maximum Gasteiger partial charge on any atom is 0.321 e. The van der Waals surface area contributed by atoms with E-state index in [1.165, 1.54) is 13.2 Å². The second kappa shape index (κ2) is 8.31. The van der Waals surface area contributed by atoms with Gasteiger partial charge >= 0.3 is 5.97 Å². The number of benzene rings is 3. The van der Waals surface area contributed by atoms with Gasteiger partial charge in [0.05, 0.1) is 7.11 Å². The van der Waals surface area contributed by atoms with Crippen LogP contribution in [0.1, 0.15) is 11.2 Å². The Hall–Kier alpha value is -2.06. The third-order valence-electron chi connectivity index (χ3n) is 4.32. The van der Waals surface area contributed by atoms with Crippen LogP contribution in [0, 0.1) is 0 Å². The van der Waals surface area contributed by atoms with Gasteiger partial charge in [-0.3, -0.25) is 4.79 Å². The Morgan fingerprint density at radius 1 is 0.889 bits per heavy atom. The van der Waals surface area contributed by atoms with E-state index in [4.69, 9.17) is 27.9 Å². The molecule has 1 atom stereocenters. The summed E-state index contributed by atoms with van der Waals surface area (Å²) in [6.07, 6.45) is 0. The molecule has 0 aromatic heterocycles. The summed E-state index contributed by atoms with van der Waals surface area (Å²) >= 11 is 12.4. The lowest BCUT2D eigenvalue weighted by Gasteiger charge is -2.28. The molecule has 6 heteroatoms. The lowest BCUT2D eigenvalue weighted by molar-refractivity contribution is -0.140. The van der Waals surface area contributed by atoms with Gasteiger partial charge in [0, 0.05) is 20.7 Å². The Labute approximate surface area is 168 Å². The quantitative estimate of drug-likeness (QED) is 0.421. The predicted molar refractivity (Wildman–Crippen MR) is 111 cm³/mol. The number of halogens is 2. The van der Waals surface area contributed by atoms with Crippen molar-refractivity contribution in [2.45, 2.75) is 5.66 Å². The van der Waals surface area contributed by atoms with Crippen molar-refractivity contribution in [3.63, 3.8) is 0 Å². The van der Waals surface area contributed by atoms with Gasteiger partial charge in [0.25, 0.3) is 0 Å². The Bertz CT molecular complexity index is 947. The minimum atomic E-state index is -3.47. The number of ether oxygens (including phenoxy) is 1. The van der Waals surface area contributed by atoms with Crippen molar-refractivity contribution in [2.24, 2.45) is 0 Å². The van der Waals surface area contributed by atoms with Crippen molar-refractivity contribution in [3.8, 4) is 0 Å². The molecule has 3 rings (SSSR count). The minimum Gasteiger partial charge on any atom is -0.468 e. The third kappa shape index (κ3) is 3.82. The van der Waals surface area contributed by atoms with Crippen molar-refractivity contribution in [2.75, 3.05) is 7.11 Å². The highest BCUT2D eigenvalue weighted by Crippen LogP contribution is 2.58. The minimum absolute atomic E-state index is 0.269. The molecule has 0 saturated heterocycles. The highest BCUT2D eigenvalue weighted by molar-refractivity contribution is 7.79. The predicted octanol–water partition coefficient (Wildman–Crippen LogP) is 5.22. The molecular weight excluding hydrogens is 402 g/mol. The summed E-state index contributed by atoms with van der Waals surface area (Å²) in [6.45, 7) is 0. The second-order valence-corrected chi connectivity index (χ2v) is 9.63. The Kier molecular flexibility index (Phi) is 6.06. The van der Waals surface area contributed by atoms with Crippen molar-refractivity contribution in [3.05, 3.63) is 94.5 Å². The molecule has 3 aromatic rings. The number of carbonyl (C=O) groups is 1. The highest BCUT2D eigenvalue weighted by Gasteiger charge is 2.44. The van der Waals surface area contributed by atoms with E-state index < -0.39 is 18.8 Å². The van der Waals surface area contributed by atoms with Gasteiger partial charge in [0.15, 0.2) is 7.14 Å². The molecule has 3 nitrogen and oxygen atoms in total. The molecule has 0 spiro atoms. The van der Waals surface area contributed by atoms with E-state index in [1.54, 1.807) is 60.7 Å². The zero-order chi connectivity index (χ0) is 19.4. The zero-order valence-electron chi connectivity index (χ0n) is 14.5. The molecule has 0 fully saturated rings. The summed E-state index contributed by atoms with van der Waals surface area (Å²) < 4.78 is 19.6. The molecule has 0 radical (unpaired) electrons. The number of rotatable bonds is 5. The van der Waals surface area contributed by atoms with E-state index in [1.807, 2.05) is 12.1 Å². The maximum atomic E-state index is 14.6. The molecule has 138 valence electrons. The number of carbonyl (C=O) groups excluding carboxylic acids is 1. The van der Waals surface area contributed by atoms with E-state index in [0.29, 0.717) is 21.2 Å². The van der Waals surface area contributed by atoms with Crippen LogP contribution < -0.4 is 10.6 Å². The highest BCUT2D eigenvalue weighted by atomic mass is 35.5. The van der Waals surface area contributed by atoms with Crippen molar-refractivity contribution in [1.29, 1.82) is 0 Å². The summed E-state index contributed by atoms with van der Waals surface area (Å²) in [7, 11) is -2.20. The molecule has 3 aromatic carbocycles. The van der Waals surface area contributed by atoms with Crippen molar-refractivity contribution in [1.82, 2.24) is 0 Å². The molecule has 0 bridgehead atoms. The maximum absolute atomic E-state index is 14.6. The van der Waals surface area contributed by atoms with Crippen LogP contribution in [0.4, 0.5) is 0 Å². The first kappa shape index (κ1) is 19.7. The molecule has 0 saturated carbocycles. The largest absolute Gasteiger partial charge is 0.468 e. The van der Waals surface area contributed by atoms with E-state index in [-0.39, 0.29) is 5.02 Å². The van der Waals surface area contributed by atoms with Crippen LogP contribution in [0.25, 0.3) is 0 Å². The summed E-state index contributed by atoms with van der Waals surface area (Å²) in [5, 5.41) is 1.81. The van der Waals surface area contributed by atoms with Gasteiger partial charge in [-0.1, -0.05) is 89.9 Å². The Morgan fingerprint density at radius 3 is 1.85 bits per heavy atom. The molecule has 0 N–H and O–H groups in total. The van der Waals surface area contributed by atoms with Gasteiger partial charge in [-0.2, -0.15) is 0 Å². The van der Waals surface area contributed by atoms with Gasteiger partial charge in [-0.05, 0) is 17.7 Å². The Balaban J connectivity index is 2.33. The Morgan fingerprint density at radius 2 is 1.41 bits per heavy atom. The van der Waals surface area contributed by atoms with Gasteiger partial charge < -0.3 is 9.30 Å². The fourth-order valence-corrected chi connectivity index (χ4v) is 6.79. The smallest absolute Gasteiger partial charge is 0.321 e. The van der Waals surface area contributed by atoms with Gasteiger partial charge in [0.2, 0.25) is 0 Å². The van der Waals surface area contributed by atoms with Crippen molar-refractivity contribution < 1.29 is 14.1 Å². The average molecular weight is 419 g/mol. The lowest BCUT2D eigenvalue weighted by Crippen LogP contribution is -2.27. The van der Waals surface area contributed by atoms with Crippen LogP contribution in [0.3, 0.4) is 0 Å². The average Bonchev–Trinajstić information content (AvgIpc) is 2.70. The van der Waals surface area contributed by atoms with Gasteiger partial charge in [-0.15, -0.1) is 0 Å². The molecule has 0 aliphatic rings. The molecule has 1 unspecified atom stereocenters. The monoisotopic (exact) mass is 418 g/mol. The number of esters is 1. The van der Waals surface area contributed by atoms with Gasteiger partial charge in [0.1, 0.15) is 5.66 Å². The normalized spacial score (nSPS) is 12.4. The van der Waals surface area contributed by atoms with E-state index in [0.717, 1.165) is 0 Å². The number of hydrogen-bond acceptors (Lipinski definition) is 3. The summed E-state index contributed by atoms with van der Waals surface area (Å²) in [5.74, 6) is -0.615. The molecule has 0 amide bonds. The van der Waals surface area contributed by atoms with E-state index in [2.05, 4.69) is 0 Å². The summed E-state index contributed by atoms with van der Waals surface area (Å²) in [5.41, 5.74) is -0.666.